The number of nitrogens with one attached hydrogen (secondary N) is 1. The summed E-state index contributed by atoms with van der Waals surface area (Å²) >= 11 is 5.70. The molecule has 2 N–H and O–H groups in total. The Labute approximate surface area is 117 Å². The molecule has 19 heavy (non-hydrogen) atoms. The lowest BCUT2D eigenvalue weighted by molar-refractivity contribution is 0.263. The van der Waals surface area contributed by atoms with Crippen molar-refractivity contribution in [3.63, 3.8) is 0 Å². The predicted molar refractivity (Wildman–Crippen MR) is 72.9 cm³/mol. The van der Waals surface area contributed by atoms with Crippen molar-refractivity contribution < 1.29 is 17.9 Å². The van der Waals surface area contributed by atoms with Gasteiger partial charge in [0, 0.05) is 23.7 Å². The van der Waals surface area contributed by atoms with Gasteiger partial charge in [0.15, 0.2) is 0 Å². The lowest BCUT2D eigenvalue weighted by Crippen LogP contribution is -2.30. The molecule has 7 heteroatoms. The Morgan fingerprint density at radius 3 is 2.79 bits per heavy atom. The van der Waals surface area contributed by atoms with Gasteiger partial charge >= 0.3 is 0 Å². The fourth-order valence-corrected chi connectivity index (χ4v) is 2.97. The minimum Gasteiger partial charge on any atom is -0.396 e. The molecule has 1 aromatic carbocycles. The first-order valence-corrected chi connectivity index (χ1v) is 7.89. The van der Waals surface area contributed by atoms with Crippen LogP contribution in [0.1, 0.15) is 18.9 Å². The highest BCUT2D eigenvalue weighted by atomic mass is 35.5. The van der Waals surface area contributed by atoms with Gasteiger partial charge in [-0.2, -0.15) is 0 Å². The third kappa shape index (κ3) is 5.86. The van der Waals surface area contributed by atoms with Gasteiger partial charge < -0.3 is 5.11 Å². The molecule has 108 valence electrons. The fourth-order valence-electron chi connectivity index (χ4n) is 1.50. The molecule has 4 nitrogen and oxygen atoms in total. The Balaban J connectivity index is 2.66. The molecule has 0 saturated carbocycles. The molecular formula is C12H17ClFNO3S. The molecule has 0 aromatic heterocycles. The van der Waals surface area contributed by atoms with E-state index in [1.54, 1.807) is 0 Å². The predicted octanol–water partition coefficient (Wildman–Crippen LogP) is 1.92. The van der Waals surface area contributed by atoms with Crippen LogP contribution < -0.4 is 4.72 Å². The van der Waals surface area contributed by atoms with Crippen molar-refractivity contribution >= 4 is 21.6 Å². The van der Waals surface area contributed by atoms with Crippen LogP contribution in [-0.4, -0.2) is 26.7 Å². The van der Waals surface area contributed by atoms with E-state index in [2.05, 4.69) is 4.72 Å². The van der Waals surface area contributed by atoms with Gasteiger partial charge in [0.1, 0.15) is 5.82 Å². The van der Waals surface area contributed by atoms with E-state index in [1.165, 1.54) is 12.1 Å². The van der Waals surface area contributed by atoms with Crippen molar-refractivity contribution in [2.75, 3.05) is 13.2 Å². The zero-order chi connectivity index (χ0) is 14.5. The van der Waals surface area contributed by atoms with Crippen LogP contribution in [0.15, 0.2) is 18.2 Å². The molecule has 0 aliphatic rings. The summed E-state index contributed by atoms with van der Waals surface area (Å²) in [7, 11) is -3.62. The third-order valence-corrected chi connectivity index (χ3v) is 4.16. The van der Waals surface area contributed by atoms with Gasteiger partial charge in [-0.3, -0.25) is 0 Å². The van der Waals surface area contributed by atoms with Crippen LogP contribution in [0.2, 0.25) is 5.02 Å². The second kappa shape index (κ2) is 7.19. The molecule has 1 aromatic rings. The van der Waals surface area contributed by atoms with Crippen LogP contribution in [0.4, 0.5) is 4.39 Å². The highest BCUT2D eigenvalue weighted by Crippen LogP contribution is 2.17. The lowest BCUT2D eigenvalue weighted by atomic mass is 10.1. The summed E-state index contributed by atoms with van der Waals surface area (Å²) in [5.74, 6) is -1.03. The Morgan fingerprint density at radius 2 is 2.16 bits per heavy atom. The molecular weight excluding hydrogens is 293 g/mol. The van der Waals surface area contributed by atoms with Crippen LogP contribution in [0.3, 0.4) is 0 Å². The van der Waals surface area contributed by atoms with Gasteiger partial charge in [0.05, 0.1) is 5.75 Å². The number of aliphatic hydroxyl groups excluding tert-OH is 1. The number of aliphatic hydroxyl groups is 1. The molecule has 1 atom stereocenters. The summed E-state index contributed by atoms with van der Waals surface area (Å²) in [6, 6.07) is 3.80. The number of hydrogen-bond donors (Lipinski definition) is 2. The van der Waals surface area contributed by atoms with E-state index in [4.69, 9.17) is 16.7 Å². The largest absolute Gasteiger partial charge is 0.396 e. The Bertz CT molecular complexity index is 522. The second-order valence-electron chi connectivity index (χ2n) is 4.46. The molecule has 0 spiro atoms. The zero-order valence-corrected chi connectivity index (χ0v) is 12.1. The lowest BCUT2D eigenvalue weighted by Gasteiger charge is -2.12. The Kier molecular flexibility index (Phi) is 6.19. The maximum absolute atomic E-state index is 13.4. The second-order valence-corrected chi connectivity index (χ2v) is 6.70. The van der Waals surface area contributed by atoms with Crippen molar-refractivity contribution in [2.24, 2.45) is 5.92 Å². The maximum atomic E-state index is 13.4. The van der Waals surface area contributed by atoms with Crippen LogP contribution in [-0.2, 0) is 15.8 Å². The topological polar surface area (TPSA) is 66.4 Å². The van der Waals surface area contributed by atoms with E-state index < -0.39 is 21.6 Å². The molecule has 0 amide bonds. The van der Waals surface area contributed by atoms with E-state index in [1.807, 2.05) is 6.92 Å². The summed E-state index contributed by atoms with van der Waals surface area (Å²) in [4.78, 5) is 0. The minimum atomic E-state index is -3.62. The van der Waals surface area contributed by atoms with Crippen molar-refractivity contribution in [1.82, 2.24) is 4.72 Å². The van der Waals surface area contributed by atoms with Crippen LogP contribution >= 0.6 is 11.6 Å². The third-order valence-electron chi connectivity index (χ3n) is 2.63. The van der Waals surface area contributed by atoms with Gasteiger partial charge in [-0.1, -0.05) is 18.5 Å². The smallest absolute Gasteiger partial charge is 0.215 e. The number of rotatable bonds is 7. The standard InChI is InChI=1S/C12H17ClFNO3S/c1-9(4-5-16)7-15-19(17,18)8-10-6-11(13)2-3-12(10)14/h2-3,6,9,15-16H,4-5,7-8H2,1H3. The number of sulfonamides is 1. The summed E-state index contributed by atoms with van der Waals surface area (Å²) in [5.41, 5.74) is 0.0369. The first-order valence-electron chi connectivity index (χ1n) is 5.86. The molecule has 0 radical (unpaired) electrons. The van der Waals surface area contributed by atoms with E-state index in [0.717, 1.165) is 6.07 Å². The Hall–Kier alpha value is -0.690. The highest BCUT2D eigenvalue weighted by molar-refractivity contribution is 7.88. The zero-order valence-electron chi connectivity index (χ0n) is 10.6. The molecule has 0 aliphatic heterocycles. The van der Waals surface area contributed by atoms with Gasteiger partial charge in [-0.05, 0) is 30.5 Å². The highest BCUT2D eigenvalue weighted by Gasteiger charge is 2.16. The van der Waals surface area contributed by atoms with Crippen molar-refractivity contribution in [1.29, 1.82) is 0 Å². The minimum absolute atomic E-state index is 0.00577. The average molecular weight is 310 g/mol. The first kappa shape index (κ1) is 16.4. The average Bonchev–Trinajstić information content (AvgIpc) is 2.32. The molecule has 0 aliphatic carbocycles. The monoisotopic (exact) mass is 309 g/mol. The molecule has 0 saturated heterocycles. The molecule has 0 fully saturated rings. The van der Waals surface area contributed by atoms with Gasteiger partial charge in [-0.15, -0.1) is 0 Å². The number of hydrogen-bond acceptors (Lipinski definition) is 3. The van der Waals surface area contributed by atoms with Crippen molar-refractivity contribution in [3.8, 4) is 0 Å². The van der Waals surface area contributed by atoms with E-state index >= 15 is 0 Å². The van der Waals surface area contributed by atoms with E-state index in [9.17, 15) is 12.8 Å². The van der Waals surface area contributed by atoms with Gasteiger partial charge in [0.25, 0.3) is 0 Å². The summed E-state index contributed by atoms with van der Waals surface area (Å²) < 4.78 is 39.4. The molecule has 0 bridgehead atoms. The van der Waals surface area contributed by atoms with Gasteiger partial charge in [0.2, 0.25) is 10.0 Å². The SMILES string of the molecule is CC(CCO)CNS(=O)(=O)Cc1cc(Cl)ccc1F. The normalized spacial score (nSPS) is 13.5. The van der Waals surface area contributed by atoms with Gasteiger partial charge in [-0.25, -0.2) is 17.5 Å². The summed E-state index contributed by atoms with van der Waals surface area (Å²) in [6.07, 6.45) is 0.508. The molecule has 0 heterocycles. The van der Waals surface area contributed by atoms with Crippen molar-refractivity contribution in [2.45, 2.75) is 19.1 Å². The summed E-state index contributed by atoms with van der Waals surface area (Å²) in [5, 5.41) is 9.02. The molecule has 1 unspecified atom stereocenters. The van der Waals surface area contributed by atoms with Crippen LogP contribution in [0.25, 0.3) is 0 Å². The summed E-state index contributed by atoms with van der Waals surface area (Å²) in [6.45, 7) is 2.04. The molecule has 1 rings (SSSR count). The number of benzene rings is 1. The fraction of sp³-hybridized carbons (Fsp3) is 0.500. The van der Waals surface area contributed by atoms with Crippen molar-refractivity contribution in [3.05, 3.63) is 34.6 Å². The van der Waals surface area contributed by atoms with Crippen LogP contribution in [0, 0.1) is 11.7 Å². The number of halogens is 2. The first-order chi connectivity index (χ1) is 8.84. The van der Waals surface area contributed by atoms with E-state index in [0.29, 0.717) is 11.4 Å². The quantitative estimate of drug-likeness (QED) is 0.808. The maximum Gasteiger partial charge on any atom is 0.215 e. The van der Waals surface area contributed by atoms with Crippen LogP contribution in [0.5, 0.6) is 0 Å². The van der Waals surface area contributed by atoms with E-state index in [-0.39, 0.29) is 24.6 Å². The Morgan fingerprint density at radius 1 is 1.47 bits per heavy atom.